The van der Waals surface area contributed by atoms with Crippen LogP contribution in [0.4, 0.5) is 0 Å². The van der Waals surface area contributed by atoms with E-state index in [1.807, 2.05) is 0 Å². The number of hydrogen-bond acceptors (Lipinski definition) is 2. The molecule has 0 unspecified atom stereocenters. The molecule has 90 valence electrons. The molecule has 0 heterocycles. The fraction of sp³-hybridized carbons (Fsp3) is 0.538. The Morgan fingerprint density at radius 2 is 2.12 bits per heavy atom. The summed E-state index contributed by atoms with van der Waals surface area (Å²) in [6.45, 7) is -8.84. The third-order valence-corrected chi connectivity index (χ3v) is 2.34. The van der Waals surface area contributed by atoms with E-state index in [2.05, 4.69) is 5.32 Å². The maximum atomic E-state index is 10.4. The van der Waals surface area contributed by atoms with Crippen molar-refractivity contribution in [1.29, 1.82) is 0 Å². The number of nitrogens with one attached hydrogen (secondary N) is 1. The molecule has 1 aromatic carbocycles. The van der Waals surface area contributed by atoms with E-state index in [1.165, 1.54) is 19.1 Å². The average molecular weight is 251 g/mol. The molecule has 0 spiro atoms. The van der Waals surface area contributed by atoms with E-state index in [4.69, 9.17) is 23.9 Å². The van der Waals surface area contributed by atoms with Gasteiger partial charge in [-0.15, -0.1) is 0 Å². The average Bonchev–Trinajstić information content (AvgIpc) is 2.39. The maximum Gasteiger partial charge on any atom is 0.0940 e. The van der Waals surface area contributed by atoms with E-state index in [0.29, 0.717) is 10.6 Å². The largest absolute Gasteiger partial charge is 0.387 e. The topological polar surface area (TPSA) is 32.3 Å². The van der Waals surface area contributed by atoms with Gasteiger partial charge in [-0.3, -0.25) is 0 Å². The molecule has 0 aromatic heterocycles. The van der Waals surface area contributed by atoms with Crippen LogP contribution in [0.1, 0.15) is 51.5 Å². The second-order valence-electron chi connectivity index (χ2n) is 3.68. The van der Waals surface area contributed by atoms with Crippen LogP contribution in [0.25, 0.3) is 0 Å². The van der Waals surface area contributed by atoms with Crippen molar-refractivity contribution in [2.75, 3.05) is 0 Å². The quantitative estimate of drug-likeness (QED) is 0.864. The molecule has 2 nitrogen and oxygen atoms in total. The molecule has 2 N–H and O–H groups in total. The highest BCUT2D eigenvalue weighted by Crippen LogP contribution is 2.21. The predicted molar refractivity (Wildman–Crippen MR) is 68.8 cm³/mol. The molecule has 0 radical (unpaired) electrons. The van der Waals surface area contributed by atoms with Crippen LogP contribution in [0.3, 0.4) is 0 Å². The molecule has 0 saturated carbocycles. The van der Waals surface area contributed by atoms with Gasteiger partial charge < -0.3 is 10.4 Å². The summed E-state index contributed by atoms with van der Waals surface area (Å²) in [7, 11) is 0. The third-order valence-electron chi connectivity index (χ3n) is 2.11. The second kappa shape index (κ2) is 5.17. The van der Waals surface area contributed by atoms with Gasteiger partial charge in [0.05, 0.1) is 6.10 Å². The Morgan fingerprint density at radius 1 is 1.44 bits per heavy atom. The summed E-state index contributed by atoms with van der Waals surface area (Å²) in [5.41, 5.74) is -2.91. The standard InChI is InChI=1S/C13H20ClNO/c1-9(15-13(2,3)4)12(16)10-6-5-7-11(14)8-10/h5-9,12,15-16H,1-4H3/t9-,12+/m0/s1/i2D3,3D3,4D3. The minimum atomic E-state index is -3.38. The zero-order chi connectivity index (χ0) is 19.8. The van der Waals surface area contributed by atoms with Gasteiger partial charge in [0.1, 0.15) is 0 Å². The lowest BCUT2D eigenvalue weighted by Crippen LogP contribution is -2.44. The van der Waals surface area contributed by atoms with Gasteiger partial charge in [0.25, 0.3) is 0 Å². The van der Waals surface area contributed by atoms with Crippen LogP contribution in [0.5, 0.6) is 0 Å². The lowest BCUT2D eigenvalue weighted by Gasteiger charge is -2.29. The Balaban J connectivity index is 3.35. The van der Waals surface area contributed by atoms with Crippen molar-refractivity contribution in [3.8, 4) is 0 Å². The normalized spacial score (nSPS) is 26.6. The first-order chi connectivity index (χ1) is 11.0. The Hall–Kier alpha value is -0.570. The molecule has 16 heavy (non-hydrogen) atoms. The Bertz CT molecular complexity index is 560. The number of benzene rings is 1. The van der Waals surface area contributed by atoms with Crippen molar-refractivity contribution >= 4 is 11.6 Å². The van der Waals surface area contributed by atoms with Crippen molar-refractivity contribution < 1.29 is 17.4 Å². The van der Waals surface area contributed by atoms with E-state index in [-0.39, 0.29) is 0 Å². The highest BCUT2D eigenvalue weighted by atomic mass is 35.5. The first-order valence-corrected chi connectivity index (χ1v) is 5.13. The van der Waals surface area contributed by atoms with E-state index in [0.717, 1.165) is 0 Å². The molecular formula is C13H20ClNO. The van der Waals surface area contributed by atoms with Gasteiger partial charge in [0, 0.05) is 28.9 Å². The zero-order valence-corrected chi connectivity index (χ0v) is 9.55. The molecule has 0 aliphatic heterocycles. The highest BCUT2D eigenvalue weighted by molar-refractivity contribution is 6.30. The van der Waals surface area contributed by atoms with Crippen LogP contribution in [0, 0.1) is 0 Å². The molecular weight excluding hydrogens is 222 g/mol. The third kappa shape index (κ3) is 4.12. The number of aliphatic hydroxyl groups excluding tert-OH is 1. The van der Waals surface area contributed by atoms with E-state index >= 15 is 0 Å². The smallest absolute Gasteiger partial charge is 0.0940 e. The van der Waals surface area contributed by atoms with E-state index in [9.17, 15) is 5.11 Å². The van der Waals surface area contributed by atoms with Crippen molar-refractivity contribution in [3.05, 3.63) is 34.9 Å². The van der Waals surface area contributed by atoms with Crippen LogP contribution in [0.2, 0.25) is 5.02 Å². The molecule has 1 rings (SSSR count). The highest BCUT2D eigenvalue weighted by Gasteiger charge is 2.21. The summed E-state index contributed by atoms with van der Waals surface area (Å²) in [5.74, 6) is 0. The molecule has 0 aliphatic carbocycles. The first kappa shape index (κ1) is 5.38. The number of hydrogen-bond donors (Lipinski definition) is 2. The van der Waals surface area contributed by atoms with Gasteiger partial charge in [-0.05, 0) is 45.2 Å². The number of aliphatic hydroxyl groups is 1. The monoisotopic (exact) mass is 250 g/mol. The van der Waals surface area contributed by atoms with Gasteiger partial charge in [-0.1, -0.05) is 23.7 Å². The second-order valence-corrected chi connectivity index (χ2v) is 4.12. The molecule has 0 saturated heterocycles. The minimum absolute atomic E-state index is 0.294. The first-order valence-electron chi connectivity index (χ1n) is 9.26. The van der Waals surface area contributed by atoms with Crippen LogP contribution >= 0.6 is 11.6 Å². The summed E-state index contributed by atoms with van der Waals surface area (Å²) in [4.78, 5) is 0. The molecule has 0 amide bonds. The minimum Gasteiger partial charge on any atom is -0.387 e. The lowest BCUT2D eigenvalue weighted by atomic mass is 10.00. The van der Waals surface area contributed by atoms with Crippen LogP contribution in [-0.4, -0.2) is 16.7 Å². The molecule has 3 heteroatoms. The molecule has 0 bridgehead atoms. The zero-order valence-electron chi connectivity index (χ0n) is 17.8. The Morgan fingerprint density at radius 3 is 2.69 bits per heavy atom. The van der Waals surface area contributed by atoms with Crippen LogP contribution in [0.15, 0.2) is 24.3 Å². The SMILES string of the molecule is [2H]C([2H])([2H])C(N[C@@H](C)[C@@H](O)c1cccc(Cl)c1)(C([2H])([2H])[2H])C([2H])([2H])[2H]. The van der Waals surface area contributed by atoms with Crippen molar-refractivity contribution in [1.82, 2.24) is 5.32 Å². The van der Waals surface area contributed by atoms with Gasteiger partial charge in [-0.25, -0.2) is 0 Å². The summed E-state index contributed by atoms with van der Waals surface area (Å²) < 4.78 is 68.1. The summed E-state index contributed by atoms with van der Waals surface area (Å²) in [6, 6.07) is 4.86. The Labute approximate surface area is 115 Å². The molecule has 2 atom stereocenters. The summed E-state index contributed by atoms with van der Waals surface area (Å²) >= 11 is 5.84. The van der Waals surface area contributed by atoms with Crippen molar-refractivity contribution in [3.63, 3.8) is 0 Å². The van der Waals surface area contributed by atoms with Gasteiger partial charge in [0.2, 0.25) is 0 Å². The number of rotatable bonds is 3. The van der Waals surface area contributed by atoms with Crippen molar-refractivity contribution in [2.24, 2.45) is 0 Å². The maximum absolute atomic E-state index is 10.4. The lowest BCUT2D eigenvalue weighted by molar-refractivity contribution is 0.121. The van der Waals surface area contributed by atoms with E-state index in [1.54, 1.807) is 12.1 Å². The van der Waals surface area contributed by atoms with Crippen molar-refractivity contribution in [2.45, 2.75) is 45.2 Å². The number of halogens is 1. The summed E-state index contributed by atoms with van der Waals surface area (Å²) in [6.07, 6.45) is -1.37. The molecule has 0 aliphatic rings. The molecule has 1 aromatic rings. The molecule has 0 fully saturated rings. The predicted octanol–water partition coefficient (Wildman–Crippen LogP) is 3.15. The van der Waals surface area contributed by atoms with Crippen LogP contribution < -0.4 is 5.32 Å². The van der Waals surface area contributed by atoms with Crippen LogP contribution in [-0.2, 0) is 0 Å². The fourth-order valence-electron chi connectivity index (χ4n) is 1.40. The fourth-order valence-corrected chi connectivity index (χ4v) is 1.60. The van der Waals surface area contributed by atoms with Gasteiger partial charge in [0.15, 0.2) is 0 Å². The van der Waals surface area contributed by atoms with Gasteiger partial charge in [-0.2, -0.15) is 0 Å². The van der Waals surface area contributed by atoms with Gasteiger partial charge >= 0.3 is 0 Å². The Kier molecular flexibility index (Phi) is 1.74. The van der Waals surface area contributed by atoms with E-state index < -0.39 is 38.2 Å². The summed E-state index contributed by atoms with van der Waals surface area (Å²) in [5, 5.41) is 12.9.